The zero-order chi connectivity index (χ0) is 64.9. The summed E-state index contributed by atoms with van der Waals surface area (Å²) in [6.45, 7) is 7.22. The Morgan fingerprint density at radius 3 is 0.773 bits per heavy atom. The molecule has 0 saturated heterocycles. The lowest BCUT2D eigenvalue weighted by atomic mass is 10.0. The SMILES string of the molecule is CCCCCCCCCCCCCCCCC(=O)OC[C@H](COP(=O)(O)OC[C@@H](O)COP(=O)(O)OC[C@@H](COC(=O)CCCCCCCCCC)OC(=O)CCCCCCCCCCCCCC)OC(=O)CCCCCCCCCCCCCC(C)C. The molecule has 2 unspecified atom stereocenters. The monoisotopic (exact) mass is 1300 g/mol. The smallest absolute Gasteiger partial charge is 0.462 e. The van der Waals surface area contributed by atoms with Crippen molar-refractivity contribution in [2.45, 2.75) is 374 Å². The molecule has 5 atom stereocenters. The van der Waals surface area contributed by atoms with Crippen molar-refractivity contribution in [3.8, 4) is 0 Å². The Balaban J connectivity index is 5.23. The van der Waals surface area contributed by atoms with Gasteiger partial charge in [-0.3, -0.25) is 37.3 Å². The van der Waals surface area contributed by atoms with E-state index in [2.05, 4.69) is 34.6 Å². The highest BCUT2D eigenvalue weighted by Gasteiger charge is 2.30. The fourth-order valence-electron chi connectivity index (χ4n) is 10.5. The van der Waals surface area contributed by atoms with Crippen LogP contribution in [-0.4, -0.2) is 96.7 Å². The van der Waals surface area contributed by atoms with Gasteiger partial charge < -0.3 is 33.8 Å². The molecule has 0 fully saturated rings. The van der Waals surface area contributed by atoms with Gasteiger partial charge >= 0.3 is 39.5 Å². The number of phosphoric acid groups is 2. The van der Waals surface area contributed by atoms with Crippen LogP contribution in [0.5, 0.6) is 0 Å². The van der Waals surface area contributed by atoms with Crippen LogP contribution in [0.2, 0.25) is 0 Å². The van der Waals surface area contributed by atoms with Gasteiger partial charge in [0.05, 0.1) is 26.4 Å². The third-order valence-corrected chi connectivity index (χ3v) is 17.9. The Morgan fingerprint density at radius 2 is 0.523 bits per heavy atom. The number of carbonyl (C=O) groups is 4. The van der Waals surface area contributed by atoms with Crippen molar-refractivity contribution in [3.05, 3.63) is 0 Å². The summed E-state index contributed by atoms with van der Waals surface area (Å²) in [5.41, 5.74) is 0. The van der Waals surface area contributed by atoms with Crippen LogP contribution < -0.4 is 0 Å². The molecule has 0 radical (unpaired) electrons. The van der Waals surface area contributed by atoms with Gasteiger partial charge in [-0.05, 0) is 31.6 Å². The van der Waals surface area contributed by atoms with E-state index in [0.717, 1.165) is 102 Å². The summed E-state index contributed by atoms with van der Waals surface area (Å²) in [6.07, 6.45) is 48.5. The number of hydrogen-bond acceptors (Lipinski definition) is 15. The van der Waals surface area contributed by atoms with Crippen LogP contribution in [0.15, 0.2) is 0 Å². The topological polar surface area (TPSA) is 237 Å². The molecule has 17 nitrogen and oxygen atoms in total. The molecule has 0 bridgehead atoms. The van der Waals surface area contributed by atoms with Crippen LogP contribution in [0.1, 0.15) is 356 Å². The number of carbonyl (C=O) groups excluding carboxylic acids is 4. The fourth-order valence-corrected chi connectivity index (χ4v) is 12.0. The molecule has 522 valence electrons. The number of ether oxygens (including phenoxy) is 4. The number of phosphoric ester groups is 2. The van der Waals surface area contributed by atoms with Crippen LogP contribution in [0, 0.1) is 5.92 Å². The van der Waals surface area contributed by atoms with Crippen molar-refractivity contribution in [2.75, 3.05) is 39.6 Å². The van der Waals surface area contributed by atoms with E-state index in [4.69, 9.17) is 37.0 Å². The largest absolute Gasteiger partial charge is 0.472 e. The first-order valence-electron chi connectivity index (χ1n) is 36.1. The molecule has 0 spiro atoms. The van der Waals surface area contributed by atoms with Crippen LogP contribution >= 0.6 is 15.6 Å². The predicted molar refractivity (Wildman–Crippen MR) is 354 cm³/mol. The number of aliphatic hydroxyl groups is 1. The summed E-state index contributed by atoms with van der Waals surface area (Å²) in [6, 6.07) is 0. The normalized spacial score (nSPS) is 14.1. The molecule has 0 amide bonds. The first-order chi connectivity index (χ1) is 42.5. The molecule has 19 heteroatoms. The average Bonchev–Trinajstić information content (AvgIpc) is 3.58. The highest BCUT2D eigenvalue weighted by atomic mass is 31.2. The number of hydrogen-bond donors (Lipinski definition) is 3. The van der Waals surface area contributed by atoms with Gasteiger partial charge in [-0.2, -0.15) is 0 Å². The average molecular weight is 1300 g/mol. The number of unbranched alkanes of at least 4 members (excludes halogenated alkanes) is 41. The number of aliphatic hydroxyl groups excluding tert-OH is 1. The van der Waals surface area contributed by atoms with E-state index >= 15 is 0 Å². The Kier molecular flexibility index (Phi) is 61.1. The third kappa shape index (κ3) is 62.8. The number of esters is 4. The van der Waals surface area contributed by atoms with Crippen molar-refractivity contribution in [2.24, 2.45) is 5.92 Å². The molecule has 0 aliphatic carbocycles. The lowest BCUT2D eigenvalue weighted by molar-refractivity contribution is -0.161. The summed E-state index contributed by atoms with van der Waals surface area (Å²) < 4.78 is 68.2. The molecule has 3 N–H and O–H groups in total. The predicted octanol–water partition coefficient (Wildman–Crippen LogP) is 19.7. The Morgan fingerprint density at radius 1 is 0.307 bits per heavy atom. The summed E-state index contributed by atoms with van der Waals surface area (Å²) in [4.78, 5) is 72.4. The van der Waals surface area contributed by atoms with Gasteiger partial charge in [-0.25, -0.2) is 9.13 Å². The van der Waals surface area contributed by atoms with Crippen LogP contribution in [0.3, 0.4) is 0 Å². The molecule has 0 heterocycles. The van der Waals surface area contributed by atoms with Gasteiger partial charge in [0, 0.05) is 25.7 Å². The Bertz CT molecular complexity index is 1700. The lowest BCUT2D eigenvalue weighted by Crippen LogP contribution is -2.30. The maximum absolute atomic E-state index is 13.0. The highest BCUT2D eigenvalue weighted by molar-refractivity contribution is 7.47. The van der Waals surface area contributed by atoms with E-state index in [1.807, 2.05) is 0 Å². The van der Waals surface area contributed by atoms with Crippen molar-refractivity contribution >= 4 is 39.5 Å². The van der Waals surface area contributed by atoms with Crippen LogP contribution in [0.25, 0.3) is 0 Å². The third-order valence-electron chi connectivity index (χ3n) is 16.0. The summed E-state index contributed by atoms with van der Waals surface area (Å²) >= 11 is 0. The van der Waals surface area contributed by atoms with Gasteiger partial charge in [-0.15, -0.1) is 0 Å². The van der Waals surface area contributed by atoms with E-state index in [9.17, 15) is 43.2 Å². The standard InChI is InChI=1S/C69H134O17P2/c1-6-9-12-15-18-21-23-25-26-30-33-38-43-48-53-67(72)80-59-65(86-69(74)55-50-45-40-35-31-27-28-32-36-41-46-51-62(4)5)61-84-88(77,78)82-57-63(70)56-81-87(75,76)83-60-64(58-79-66(71)52-47-42-37-20-17-14-11-8-3)85-68(73)54-49-44-39-34-29-24-22-19-16-13-10-7-2/h62-65,70H,6-61H2,1-5H3,(H,75,76)(H,77,78)/t63-,64+,65+/m0/s1. The summed E-state index contributed by atoms with van der Waals surface area (Å²) in [5.74, 6) is -1.36. The quantitative estimate of drug-likeness (QED) is 0.0222. The van der Waals surface area contributed by atoms with Gasteiger partial charge in [0.1, 0.15) is 19.3 Å². The van der Waals surface area contributed by atoms with Gasteiger partial charge in [0.25, 0.3) is 0 Å². The maximum atomic E-state index is 13.0. The minimum absolute atomic E-state index is 0.107. The summed E-state index contributed by atoms with van der Waals surface area (Å²) in [5, 5.41) is 10.6. The minimum Gasteiger partial charge on any atom is -0.462 e. The highest BCUT2D eigenvalue weighted by Crippen LogP contribution is 2.45. The van der Waals surface area contributed by atoms with Crippen molar-refractivity contribution in [1.29, 1.82) is 0 Å². The van der Waals surface area contributed by atoms with Crippen LogP contribution in [0.4, 0.5) is 0 Å². The zero-order valence-corrected chi connectivity index (χ0v) is 58.6. The van der Waals surface area contributed by atoms with Crippen molar-refractivity contribution in [3.63, 3.8) is 0 Å². The van der Waals surface area contributed by atoms with Crippen molar-refractivity contribution < 1.29 is 80.2 Å². The number of rotatable bonds is 69. The molecule has 0 aliphatic rings. The molecule has 0 aromatic rings. The second kappa shape index (κ2) is 62.5. The van der Waals surface area contributed by atoms with Gasteiger partial charge in [-0.1, -0.05) is 304 Å². The Hall–Kier alpha value is -1.94. The van der Waals surface area contributed by atoms with E-state index < -0.39 is 97.5 Å². The van der Waals surface area contributed by atoms with E-state index in [-0.39, 0.29) is 25.7 Å². The van der Waals surface area contributed by atoms with E-state index in [1.165, 1.54) is 173 Å². The second-order valence-corrected chi connectivity index (χ2v) is 28.3. The Labute approximate surface area is 537 Å². The van der Waals surface area contributed by atoms with Gasteiger partial charge in [0.2, 0.25) is 0 Å². The van der Waals surface area contributed by atoms with Crippen molar-refractivity contribution in [1.82, 2.24) is 0 Å². The summed E-state index contributed by atoms with van der Waals surface area (Å²) in [7, 11) is -9.89. The second-order valence-electron chi connectivity index (χ2n) is 25.4. The van der Waals surface area contributed by atoms with E-state index in [1.54, 1.807) is 0 Å². The van der Waals surface area contributed by atoms with Gasteiger partial charge in [0.15, 0.2) is 12.2 Å². The van der Waals surface area contributed by atoms with E-state index in [0.29, 0.717) is 25.7 Å². The first-order valence-corrected chi connectivity index (χ1v) is 39.1. The molecule has 0 aliphatic heterocycles. The first kappa shape index (κ1) is 86.1. The molecule has 0 saturated carbocycles. The maximum Gasteiger partial charge on any atom is 0.472 e. The molecule has 0 aromatic carbocycles. The zero-order valence-electron chi connectivity index (χ0n) is 56.9. The molecule has 0 aromatic heterocycles. The molecule has 88 heavy (non-hydrogen) atoms. The van der Waals surface area contributed by atoms with Crippen LogP contribution in [-0.2, 0) is 65.4 Å². The lowest BCUT2D eigenvalue weighted by Gasteiger charge is -2.21. The molecular formula is C69H134O17P2. The molecular weight excluding hydrogens is 1160 g/mol. The fraction of sp³-hybridized carbons (Fsp3) is 0.942. The minimum atomic E-state index is -4.95. The molecule has 0 rings (SSSR count).